The second-order valence-electron chi connectivity index (χ2n) is 6.25. The van der Waals surface area contributed by atoms with Crippen LogP contribution in [0.1, 0.15) is 17.9 Å². The predicted octanol–water partition coefficient (Wildman–Crippen LogP) is 3.31. The molecule has 0 aromatic heterocycles. The summed E-state index contributed by atoms with van der Waals surface area (Å²) in [6, 6.07) is 15.6. The maximum atomic E-state index is 12.9. The van der Waals surface area contributed by atoms with Crippen LogP contribution in [0.3, 0.4) is 0 Å². The fourth-order valence-corrected chi connectivity index (χ4v) is 5.01. The monoisotopic (exact) mass is 393 g/mol. The van der Waals surface area contributed by atoms with Gasteiger partial charge in [-0.25, -0.2) is 8.42 Å². The van der Waals surface area contributed by atoms with Gasteiger partial charge in [0.05, 0.1) is 17.9 Å². The summed E-state index contributed by atoms with van der Waals surface area (Å²) < 4.78 is 32.1. The number of methoxy groups -OCH3 is 1. The summed E-state index contributed by atoms with van der Waals surface area (Å²) in [6.07, 6.45) is 0.535. The van der Waals surface area contributed by atoms with Crippen LogP contribution in [0, 0.1) is 5.92 Å². The van der Waals surface area contributed by atoms with E-state index >= 15 is 0 Å². The number of carbonyl (C=O) groups excluding carboxylic acids is 1. The molecule has 0 amide bonds. The van der Waals surface area contributed by atoms with Gasteiger partial charge in [0, 0.05) is 18.1 Å². The van der Waals surface area contributed by atoms with Crippen molar-refractivity contribution in [2.45, 2.75) is 17.2 Å². The molecule has 0 saturated carbocycles. The van der Waals surface area contributed by atoms with E-state index in [0.29, 0.717) is 18.0 Å². The first-order valence-electron chi connectivity index (χ1n) is 8.32. The Bertz CT molecular complexity index is 868. The Morgan fingerprint density at radius 1 is 1.12 bits per heavy atom. The molecule has 0 N–H and O–H groups in total. The van der Waals surface area contributed by atoms with Gasteiger partial charge in [0.15, 0.2) is 0 Å². The van der Waals surface area contributed by atoms with Gasteiger partial charge in [-0.3, -0.25) is 4.79 Å². The molecule has 0 bridgehead atoms. The van der Waals surface area contributed by atoms with Crippen LogP contribution in [0.25, 0.3) is 0 Å². The molecule has 0 radical (unpaired) electrons. The van der Waals surface area contributed by atoms with Crippen LogP contribution in [0.2, 0.25) is 5.02 Å². The first-order chi connectivity index (χ1) is 12.4. The molecule has 0 aliphatic carbocycles. The second-order valence-corrected chi connectivity index (χ2v) is 8.63. The highest BCUT2D eigenvalue weighted by Crippen LogP contribution is 2.36. The van der Waals surface area contributed by atoms with Gasteiger partial charge in [-0.05, 0) is 42.2 Å². The van der Waals surface area contributed by atoms with Gasteiger partial charge < -0.3 is 4.74 Å². The normalized spacial score (nSPS) is 21.3. The van der Waals surface area contributed by atoms with E-state index in [-0.39, 0.29) is 17.4 Å². The van der Waals surface area contributed by atoms with Crippen molar-refractivity contribution in [1.82, 2.24) is 4.31 Å². The van der Waals surface area contributed by atoms with Gasteiger partial charge in [-0.1, -0.05) is 41.9 Å². The lowest BCUT2D eigenvalue weighted by Crippen LogP contribution is -2.45. The van der Waals surface area contributed by atoms with E-state index < -0.39 is 21.9 Å². The largest absolute Gasteiger partial charge is 0.469 e. The van der Waals surface area contributed by atoms with Crippen molar-refractivity contribution in [3.05, 3.63) is 65.2 Å². The van der Waals surface area contributed by atoms with Crippen molar-refractivity contribution in [3.8, 4) is 0 Å². The Hall–Kier alpha value is -1.89. The molecule has 26 heavy (non-hydrogen) atoms. The van der Waals surface area contributed by atoms with Crippen LogP contribution in [0.15, 0.2) is 59.5 Å². The van der Waals surface area contributed by atoms with Gasteiger partial charge in [0.25, 0.3) is 0 Å². The van der Waals surface area contributed by atoms with Crippen molar-refractivity contribution in [3.63, 3.8) is 0 Å². The molecule has 2 aromatic carbocycles. The molecule has 2 aromatic rings. The number of hydrogen-bond acceptors (Lipinski definition) is 4. The molecule has 5 nitrogen and oxygen atoms in total. The molecular formula is C19H20ClNO4S. The van der Waals surface area contributed by atoms with Crippen molar-refractivity contribution >= 4 is 27.6 Å². The van der Waals surface area contributed by atoms with Gasteiger partial charge >= 0.3 is 5.97 Å². The van der Waals surface area contributed by atoms with Crippen LogP contribution in [0.4, 0.5) is 0 Å². The average Bonchev–Trinajstić information content (AvgIpc) is 2.68. The number of nitrogens with zero attached hydrogens (tertiary/aromatic N) is 1. The standard InChI is InChI=1S/C19H20ClNO4S/c1-25-19(22)18-13-21(26(23,24)16-5-3-2-4-6-16)12-11-17(18)14-7-9-15(20)10-8-14/h2-10,17-18H,11-13H2,1H3. The Kier molecular flexibility index (Phi) is 5.65. The Morgan fingerprint density at radius 3 is 2.38 bits per heavy atom. The van der Waals surface area contributed by atoms with E-state index in [0.717, 1.165) is 5.56 Å². The molecule has 1 aliphatic heterocycles. The van der Waals surface area contributed by atoms with Gasteiger partial charge in [-0.2, -0.15) is 4.31 Å². The lowest BCUT2D eigenvalue weighted by molar-refractivity contribution is -0.147. The number of sulfonamides is 1. The highest BCUT2D eigenvalue weighted by molar-refractivity contribution is 7.89. The van der Waals surface area contributed by atoms with E-state index in [2.05, 4.69) is 0 Å². The Labute approximate surface area is 158 Å². The fourth-order valence-electron chi connectivity index (χ4n) is 3.38. The summed E-state index contributed by atoms with van der Waals surface area (Å²) in [5.41, 5.74) is 0.960. The molecule has 3 rings (SSSR count). The number of halogens is 1. The number of ether oxygens (including phenoxy) is 1. The zero-order valence-corrected chi connectivity index (χ0v) is 15.9. The lowest BCUT2D eigenvalue weighted by Gasteiger charge is -2.36. The number of piperidine rings is 1. The molecule has 1 fully saturated rings. The molecule has 0 spiro atoms. The first kappa shape index (κ1) is 18.9. The molecular weight excluding hydrogens is 374 g/mol. The lowest BCUT2D eigenvalue weighted by atomic mass is 9.81. The second kappa shape index (κ2) is 7.78. The summed E-state index contributed by atoms with van der Waals surface area (Å²) in [6.45, 7) is 0.440. The molecule has 7 heteroatoms. The van der Waals surface area contributed by atoms with Crippen molar-refractivity contribution in [2.75, 3.05) is 20.2 Å². The van der Waals surface area contributed by atoms with E-state index in [1.165, 1.54) is 11.4 Å². The van der Waals surface area contributed by atoms with Gasteiger partial charge in [-0.15, -0.1) is 0 Å². The van der Waals surface area contributed by atoms with Crippen molar-refractivity contribution in [2.24, 2.45) is 5.92 Å². The van der Waals surface area contributed by atoms with E-state index in [1.807, 2.05) is 12.1 Å². The van der Waals surface area contributed by atoms with Crippen molar-refractivity contribution < 1.29 is 17.9 Å². The summed E-state index contributed by atoms with van der Waals surface area (Å²) in [4.78, 5) is 12.6. The number of esters is 1. The van der Waals surface area contributed by atoms with Crippen LogP contribution < -0.4 is 0 Å². The molecule has 138 valence electrons. The Balaban J connectivity index is 1.89. The third-order valence-corrected chi connectivity index (χ3v) is 6.89. The summed E-state index contributed by atoms with van der Waals surface area (Å²) in [5.74, 6) is -1.08. The summed E-state index contributed by atoms with van der Waals surface area (Å²) in [7, 11) is -2.32. The molecule has 1 heterocycles. The quantitative estimate of drug-likeness (QED) is 0.747. The number of carbonyl (C=O) groups is 1. The molecule has 2 unspecified atom stereocenters. The highest BCUT2D eigenvalue weighted by Gasteiger charge is 2.40. The maximum absolute atomic E-state index is 12.9. The van der Waals surface area contributed by atoms with Crippen molar-refractivity contribution in [1.29, 1.82) is 0 Å². The molecule has 1 saturated heterocycles. The van der Waals surface area contributed by atoms with Crippen LogP contribution in [-0.2, 0) is 19.6 Å². The van der Waals surface area contributed by atoms with Crippen LogP contribution in [0.5, 0.6) is 0 Å². The average molecular weight is 394 g/mol. The number of rotatable bonds is 4. The summed E-state index contributed by atoms with van der Waals surface area (Å²) >= 11 is 5.95. The Morgan fingerprint density at radius 2 is 1.77 bits per heavy atom. The zero-order chi connectivity index (χ0) is 18.7. The molecule has 1 aliphatic rings. The third-order valence-electron chi connectivity index (χ3n) is 4.76. The summed E-state index contributed by atoms with van der Waals surface area (Å²) in [5, 5.41) is 0.618. The number of benzene rings is 2. The maximum Gasteiger partial charge on any atom is 0.310 e. The number of hydrogen-bond donors (Lipinski definition) is 0. The highest BCUT2D eigenvalue weighted by atomic mass is 35.5. The minimum absolute atomic E-state index is 0.0944. The van der Waals surface area contributed by atoms with Crippen LogP contribution in [-0.4, -0.2) is 38.9 Å². The van der Waals surface area contributed by atoms with Crippen LogP contribution >= 0.6 is 11.6 Å². The smallest absolute Gasteiger partial charge is 0.310 e. The van der Waals surface area contributed by atoms with Gasteiger partial charge in [0.2, 0.25) is 10.0 Å². The minimum atomic E-state index is -3.64. The predicted molar refractivity (Wildman–Crippen MR) is 99.5 cm³/mol. The van der Waals surface area contributed by atoms with Gasteiger partial charge in [0.1, 0.15) is 0 Å². The minimum Gasteiger partial charge on any atom is -0.469 e. The fraction of sp³-hybridized carbons (Fsp3) is 0.316. The van der Waals surface area contributed by atoms with E-state index in [9.17, 15) is 13.2 Å². The topological polar surface area (TPSA) is 63.7 Å². The van der Waals surface area contributed by atoms with E-state index in [4.69, 9.17) is 16.3 Å². The molecule has 2 atom stereocenters. The zero-order valence-electron chi connectivity index (χ0n) is 14.3. The van der Waals surface area contributed by atoms with E-state index in [1.54, 1.807) is 42.5 Å². The SMILES string of the molecule is COC(=O)C1CN(S(=O)(=O)c2ccccc2)CCC1c1ccc(Cl)cc1. The third kappa shape index (κ3) is 3.77. The first-order valence-corrected chi connectivity index (χ1v) is 10.1.